The highest BCUT2D eigenvalue weighted by Crippen LogP contribution is 2.42. The van der Waals surface area contributed by atoms with Crippen LogP contribution in [0.3, 0.4) is 0 Å². The van der Waals surface area contributed by atoms with Crippen molar-refractivity contribution in [3.8, 4) is 10.6 Å². The predicted molar refractivity (Wildman–Crippen MR) is 121 cm³/mol. The average Bonchev–Trinajstić information content (AvgIpc) is 3.26. The Kier molecular flexibility index (Phi) is 5.75. The molecule has 6 heteroatoms. The lowest BCUT2D eigenvalue weighted by Crippen LogP contribution is -2.22. The smallest absolute Gasteiger partial charge is 0.138 e. The molecule has 5 rings (SSSR count). The lowest BCUT2D eigenvalue weighted by molar-refractivity contribution is -0.118. The van der Waals surface area contributed by atoms with Crippen molar-refractivity contribution in [3.05, 3.63) is 33.8 Å². The molecule has 0 radical (unpaired) electrons. The predicted octanol–water partition coefficient (Wildman–Crippen LogP) is 5.54. The molecule has 0 unspecified atom stereocenters. The van der Waals surface area contributed by atoms with Gasteiger partial charge >= 0.3 is 0 Å². The van der Waals surface area contributed by atoms with Crippen molar-refractivity contribution in [3.63, 3.8) is 0 Å². The molecule has 1 saturated carbocycles. The second-order valence-corrected chi connectivity index (χ2v) is 10.6. The van der Waals surface area contributed by atoms with E-state index in [4.69, 9.17) is 4.98 Å². The summed E-state index contributed by atoms with van der Waals surface area (Å²) < 4.78 is 1.16. The number of nitrogens with zero attached hydrogens (tertiary/aromatic N) is 2. The first-order valence-corrected chi connectivity index (χ1v) is 12.5. The molecular weight excluding hydrogens is 398 g/mol. The largest absolute Gasteiger partial charge is 0.312 e. The van der Waals surface area contributed by atoms with Crippen LogP contribution in [-0.2, 0) is 24.2 Å². The minimum absolute atomic E-state index is 0.384. The SMILES string of the molecule is O=C(CCCCC1CCC1)Cc1sc2c(c1-c1nc3cnccc3s1)CCNC2. The Hall–Kier alpha value is -1.63. The molecule has 1 N–H and O–H groups in total. The number of fused-ring (bicyclic) bond motifs is 2. The van der Waals surface area contributed by atoms with Crippen LogP contribution >= 0.6 is 22.7 Å². The average molecular weight is 426 g/mol. The maximum absolute atomic E-state index is 12.8. The number of aromatic nitrogens is 2. The monoisotopic (exact) mass is 425 g/mol. The van der Waals surface area contributed by atoms with Gasteiger partial charge in [-0.1, -0.05) is 32.1 Å². The first-order valence-electron chi connectivity index (χ1n) is 10.8. The first-order chi connectivity index (χ1) is 14.3. The molecular formula is C23H27N3OS2. The molecule has 29 heavy (non-hydrogen) atoms. The summed E-state index contributed by atoms with van der Waals surface area (Å²) in [4.78, 5) is 24.5. The number of carbonyl (C=O) groups excluding carboxylic acids is 1. The lowest BCUT2D eigenvalue weighted by Gasteiger charge is -2.24. The van der Waals surface area contributed by atoms with Gasteiger partial charge in [0.2, 0.25) is 0 Å². The summed E-state index contributed by atoms with van der Waals surface area (Å²) in [5.41, 5.74) is 3.61. The van der Waals surface area contributed by atoms with E-state index in [9.17, 15) is 4.79 Å². The van der Waals surface area contributed by atoms with E-state index in [2.05, 4.69) is 10.3 Å². The maximum atomic E-state index is 12.8. The number of ketones is 1. The fourth-order valence-electron chi connectivity index (χ4n) is 4.46. The van der Waals surface area contributed by atoms with Crippen molar-refractivity contribution in [2.45, 2.75) is 64.3 Å². The number of hydrogen-bond donors (Lipinski definition) is 1. The van der Waals surface area contributed by atoms with E-state index in [0.29, 0.717) is 12.2 Å². The summed E-state index contributed by atoms with van der Waals surface area (Å²) in [5, 5.41) is 4.53. The molecule has 0 amide bonds. The second kappa shape index (κ2) is 8.62. The number of unbranched alkanes of at least 4 members (excludes halogenated alkanes) is 1. The van der Waals surface area contributed by atoms with E-state index in [-0.39, 0.29) is 0 Å². The third-order valence-corrected chi connectivity index (χ3v) is 8.59. The summed E-state index contributed by atoms with van der Waals surface area (Å²) in [5.74, 6) is 1.33. The highest BCUT2D eigenvalue weighted by molar-refractivity contribution is 7.22. The Balaban J connectivity index is 1.34. The van der Waals surface area contributed by atoms with Gasteiger partial charge in [0.25, 0.3) is 0 Å². The number of Topliss-reactive ketones (excluding diaryl/α,β-unsaturated/α-hetero) is 1. The Morgan fingerprint density at radius 1 is 1.24 bits per heavy atom. The number of pyridine rings is 1. The van der Waals surface area contributed by atoms with Gasteiger partial charge in [0.05, 0.1) is 10.9 Å². The van der Waals surface area contributed by atoms with E-state index in [0.717, 1.165) is 53.5 Å². The molecule has 1 fully saturated rings. The van der Waals surface area contributed by atoms with Crippen molar-refractivity contribution in [1.29, 1.82) is 0 Å². The zero-order chi connectivity index (χ0) is 19.6. The highest BCUT2D eigenvalue weighted by Gasteiger charge is 2.25. The first kappa shape index (κ1) is 19.3. The minimum Gasteiger partial charge on any atom is -0.312 e. The molecule has 1 aliphatic carbocycles. The topological polar surface area (TPSA) is 54.9 Å². The zero-order valence-electron chi connectivity index (χ0n) is 16.7. The zero-order valence-corrected chi connectivity index (χ0v) is 18.3. The van der Waals surface area contributed by atoms with Crippen LogP contribution in [0, 0.1) is 5.92 Å². The molecule has 4 nitrogen and oxygen atoms in total. The Morgan fingerprint density at radius 3 is 3.00 bits per heavy atom. The van der Waals surface area contributed by atoms with Gasteiger partial charge in [0.1, 0.15) is 16.3 Å². The highest BCUT2D eigenvalue weighted by atomic mass is 32.1. The van der Waals surface area contributed by atoms with Gasteiger partial charge < -0.3 is 5.32 Å². The summed E-state index contributed by atoms with van der Waals surface area (Å²) in [6, 6.07) is 2.03. The molecule has 152 valence electrons. The summed E-state index contributed by atoms with van der Waals surface area (Å²) in [7, 11) is 0. The van der Waals surface area contributed by atoms with Crippen molar-refractivity contribution in [1.82, 2.24) is 15.3 Å². The van der Waals surface area contributed by atoms with Crippen LogP contribution in [0.25, 0.3) is 20.8 Å². The number of nitrogens with one attached hydrogen (secondary N) is 1. The van der Waals surface area contributed by atoms with Crippen LogP contribution in [0.15, 0.2) is 18.5 Å². The van der Waals surface area contributed by atoms with E-state index >= 15 is 0 Å². The van der Waals surface area contributed by atoms with E-state index < -0.39 is 0 Å². The lowest BCUT2D eigenvalue weighted by atomic mass is 9.81. The Morgan fingerprint density at radius 2 is 2.17 bits per heavy atom. The van der Waals surface area contributed by atoms with E-state index in [1.54, 1.807) is 11.3 Å². The van der Waals surface area contributed by atoms with E-state index in [1.165, 1.54) is 53.0 Å². The van der Waals surface area contributed by atoms with Gasteiger partial charge in [-0.05, 0) is 36.9 Å². The molecule has 1 aliphatic heterocycles. The number of thiophene rings is 1. The molecule has 2 aliphatic rings. The van der Waals surface area contributed by atoms with Crippen LogP contribution < -0.4 is 5.32 Å². The van der Waals surface area contributed by atoms with Crippen LogP contribution in [0.5, 0.6) is 0 Å². The van der Waals surface area contributed by atoms with E-state index in [1.807, 2.05) is 29.8 Å². The van der Waals surface area contributed by atoms with Crippen molar-refractivity contribution in [2.24, 2.45) is 5.92 Å². The molecule has 3 aromatic rings. The quantitative estimate of drug-likeness (QED) is 0.482. The fraction of sp³-hybridized carbons (Fsp3) is 0.522. The minimum atomic E-state index is 0.384. The third-order valence-electron chi connectivity index (χ3n) is 6.31. The van der Waals surface area contributed by atoms with Crippen LogP contribution in [0.4, 0.5) is 0 Å². The number of rotatable bonds is 8. The number of carbonyl (C=O) groups is 1. The normalized spacial score (nSPS) is 16.7. The fourth-order valence-corrected chi connectivity index (χ4v) is 6.91. The second-order valence-electron chi connectivity index (χ2n) is 8.35. The third kappa shape index (κ3) is 4.16. The molecule has 0 atom stereocenters. The van der Waals surface area contributed by atoms with Crippen molar-refractivity contribution in [2.75, 3.05) is 6.54 Å². The van der Waals surface area contributed by atoms with Gasteiger partial charge in [-0.2, -0.15) is 0 Å². The number of thiazole rings is 1. The van der Waals surface area contributed by atoms with Gasteiger partial charge in [-0.3, -0.25) is 9.78 Å². The molecule has 3 aromatic heterocycles. The van der Waals surface area contributed by atoms with Gasteiger partial charge in [-0.15, -0.1) is 22.7 Å². The molecule has 0 bridgehead atoms. The summed E-state index contributed by atoms with van der Waals surface area (Å²) >= 11 is 3.55. The molecule has 0 aromatic carbocycles. The van der Waals surface area contributed by atoms with Crippen molar-refractivity contribution < 1.29 is 4.79 Å². The van der Waals surface area contributed by atoms with Crippen molar-refractivity contribution >= 4 is 38.7 Å². The van der Waals surface area contributed by atoms with Crippen LogP contribution in [0.1, 0.15) is 60.3 Å². The Bertz CT molecular complexity index is 985. The maximum Gasteiger partial charge on any atom is 0.138 e. The molecule has 4 heterocycles. The molecule has 0 saturated heterocycles. The van der Waals surface area contributed by atoms with Gasteiger partial charge in [0.15, 0.2) is 0 Å². The number of hydrogen-bond acceptors (Lipinski definition) is 6. The van der Waals surface area contributed by atoms with Gasteiger partial charge in [0, 0.05) is 40.9 Å². The summed E-state index contributed by atoms with van der Waals surface area (Å²) in [6.45, 7) is 1.91. The standard InChI is InChI=1S/C23H27N3OS2/c27-16(7-2-1-4-15-5-3-6-15)12-20-22(17-8-10-25-14-21(17)28-20)23-26-18-13-24-11-9-19(18)29-23/h9,11,13,15,25H,1-8,10,12,14H2. The van der Waals surface area contributed by atoms with Crippen LogP contribution in [0.2, 0.25) is 0 Å². The Labute approximate surface area is 179 Å². The molecule has 0 spiro atoms. The van der Waals surface area contributed by atoms with Crippen LogP contribution in [-0.4, -0.2) is 22.3 Å². The van der Waals surface area contributed by atoms with Gasteiger partial charge in [-0.25, -0.2) is 4.98 Å². The summed E-state index contributed by atoms with van der Waals surface area (Å²) in [6.07, 6.45) is 13.8.